The number of nitro groups is 1. The van der Waals surface area contributed by atoms with Crippen LogP contribution in [0.4, 0.5) is 11.4 Å². The highest BCUT2D eigenvalue weighted by Crippen LogP contribution is 2.51. The highest BCUT2D eigenvalue weighted by Gasteiger charge is 2.39. The van der Waals surface area contributed by atoms with Gasteiger partial charge in [-0.3, -0.25) is 10.1 Å². The van der Waals surface area contributed by atoms with Gasteiger partial charge in [-0.2, -0.15) is 0 Å². The molecular weight excluding hydrogens is 304 g/mol. The van der Waals surface area contributed by atoms with Crippen LogP contribution in [0.25, 0.3) is 0 Å². The van der Waals surface area contributed by atoms with Crippen molar-refractivity contribution >= 4 is 11.4 Å². The topological polar surface area (TPSA) is 64.4 Å². The first-order valence-electron chi connectivity index (χ1n) is 8.03. The van der Waals surface area contributed by atoms with Gasteiger partial charge in [-0.15, -0.1) is 0 Å². The van der Waals surface area contributed by atoms with Crippen LogP contribution in [0.1, 0.15) is 29.5 Å². The van der Waals surface area contributed by atoms with Crippen LogP contribution in [-0.4, -0.2) is 12.0 Å². The maximum atomic E-state index is 11.1. The van der Waals surface area contributed by atoms with Crippen molar-refractivity contribution in [2.45, 2.75) is 18.4 Å². The fourth-order valence-corrected chi connectivity index (χ4v) is 3.93. The van der Waals surface area contributed by atoms with Crippen molar-refractivity contribution in [1.29, 1.82) is 0 Å². The lowest BCUT2D eigenvalue weighted by atomic mass is 9.76. The summed E-state index contributed by atoms with van der Waals surface area (Å²) in [7, 11) is 1.68. The molecule has 2 aromatic carbocycles. The summed E-state index contributed by atoms with van der Waals surface area (Å²) in [6, 6.07) is 13.2. The third kappa shape index (κ3) is 2.24. The third-order valence-corrected chi connectivity index (χ3v) is 5.03. The van der Waals surface area contributed by atoms with Gasteiger partial charge in [0.05, 0.1) is 18.1 Å². The Bertz CT molecular complexity index is 831. The van der Waals surface area contributed by atoms with Crippen molar-refractivity contribution in [2.75, 3.05) is 12.4 Å². The van der Waals surface area contributed by atoms with E-state index in [0.29, 0.717) is 5.92 Å². The van der Waals surface area contributed by atoms with Crippen LogP contribution in [0.2, 0.25) is 0 Å². The smallest absolute Gasteiger partial charge is 0.269 e. The van der Waals surface area contributed by atoms with Gasteiger partial charge in [0.15, 0.2) is 0 Å². The Balaban J connectivity index is 1.80. The molecule has 0 spiro atoms. The number of non-ortho nitro benzene ring substituents is 1. The zero-order valence-electron chi connectivity index (χ0n) is 13.3. The van der Waals surface area contributed by atoms with E-state index in [0.717, 1.165) is 29.0 Å². The molecule has 4 rings (SSSR count). The molecule has 3 atom stereocenters. The standard InChI is InChI=1S/C19H18N2O3/c1-24-18-8-3-2-5-15(18)19-14-7-4-6-13(14)16-11-12(21(22)23)9-10-17(16)20-19/h2-6,8-11,13-14,19-20H,7H2,1H3/t13-,14+,19-/m0/s1. The summed E-state index contributed by atoms with van der Waals surface area (Å²) in [6.45, 7) is 0. The monoisotopic (exact) mass is 322 g/mol. The van der Waals surface area contributed by atoms with Crippen LogP contribution < -0.4 is 10.1 Å². The zero-order valence-corrected chi connectivity index (χ0v) is 13.3. The Morgan fingerprint density at radius 3 is 2.83 bits per heavy atom. The number of hydrogen-bond acceptors (Lipinski definition) is 4. The summed E-state index contributed by atoms with van der Waals surface area (Å²) in [6.07, 6.45) is 5.30. The molecule has 2 aliphatic rings. The number of para-hydroxylation sites is 1. The average Bonchev–Trinajstić information content (AvgIpc) is 3.10. The molecule has 1 N–H and O–H groups in total. The van der Waals surface area contributed by atoms with E-state index in [2.05, 4.69) is 23.5 Å². The van der Waals surface area contributed by atoms with Crippen LogP contribution >= 0.6 is 0 Å². The van der Waals surface area contributed by atoms with Crippen molar-refractivity contribution in [3.8, 4) is 5.75 Å². The summed E-state index contributed by atoms with van der Waals surface area (Å²) >= 11 is 0. The molecule has 0 fully saturated rings. The number of nitrogens with zero attached hydrogens (tertiary/aromatic N) is 1. The van der Waals surface area contributed by atoms with E-state index in [1.807, 2.05) is 24.3 Å². The maximum absolute atomic E-state index is 11.1. The number of nitrogens with one attached hydrogen (secondary N) is 1. The van der Waals surface area contributed by atoms with E-state index in [4.69, 9.17) is 4.74 Å². The molecule has 0 bridgehead atoms. The van der Waals surface area contributed by atoms with Crippen molar-refractivity contribution in [2.24, 2.45) is 5.92 Å². The molecule has 1 aliphatic heterocycles. The van der Waals surface area contributed by atoms with Crippen LogP contribution in [0.5, 0.6) is 5.75 Å². The number of benzene rings is 2. The molecule has 0 amide bonds. The molecule has 0 saturated carbocycles. The van der Waals surface area contributed by atoms with Gasteiger partial charge < -0.3 is 10.1 Å². The minimum Gasteiger partial charge on any atom is -0.496 e. The molecule has 0 saturated heterocycles. The molecule has 0 unspecified atom stereocenters. The largest absolute Gasteiger partial charge is 0.496 e. The summed E-state index contributed by atoms with van der Waals surface area (Å²) in [5, 5.41) is 14.7. The molecule has 5 nitrogen and oxygen atoms in total. The number of methoxy groups -OCH3 is 1. The number of nitro benzene ring substituents is 1. The van der Waals surface area contributed by atoms with Gasteiger partial charge in [0, 0.05) is 29.3 Å². The van der Waals surface area contributed by atoms with Crippen LogP contribution in [-0.2, 0) is 0 Å². The van der Waals surface area contributed by atoms with Crippen molar-refractivity contribution < 1.29 is 9.66 Å². The lowest BCUT2D eigenvalue weighted by Crippen LogP contribution is -2.29. The molecule has 0 radical (unpaired) electrons. The van der Waals surface area contributed by atoms with E-state index < -0.39 is 0 Å². The quantitative estimate of drug-likeness (QED) is 0.516. The number of anilines is 1. The Hall–Kier alpha value is -2.82. The van der Waals surface area contributed by atoms with E-state index in [9.17, 15) is 10.1 Å². The second-order valence-corrected chi connectivity index (χ2v) is 6.25. The summed E-state index contributed by atoms with van der Waals surface area (Å²) in [5.74, 6) is 1.39. The first kappa shape index (κ1) is 14.8. The average molecular weight is 322 g/mol. The minimum absolute atomic E-state index is 0.120. The lowest BCUT2D eigenvalue weighted by molar-refractivity contribution is -0.384. The number of ether oxygens (including phenoxy) is 1. The van der Waals surface area contributed by atoms with Crippen LogP contribution in [0, 0.1) is 16.0 Å². The van der Waals surface area contributed by atoms with Gasteiger partial charge in [-0.05, 0) is 30.0 Å². The molecule has 2 aromatic rings. The van der Waals surface area contributed by atoms with E-state index in [-0.39, 0.29) is 22.6 Å². The van der Waals surface area contributed by atoms with E-state index >= 15 is 0 Å². The van der Waals surface area contributed by atoms with E-state index in [1.54, 1.807) is 19.2 Å². The first-order valence-corrected chi connectivity index (χ1v) is 8.03. The summed E-state index contributed by atoms with van der Waals surface area (Å²) in [5.41, 5.74) is 3.24. The van der Waals surface area contributed by atoms with Crippen molar-refractivity contribution in [3.05, 3.63) is 75.9 Å². The second-order valence-electron chi connectivity index (χ2n) is 6.25. The van der Waals surface area contributed by atoms with E-state index in [1.165, 1.54) is 0 Å². The lowest BCUT2D eigenvalue weighted by Gasteiger charge is -2.37. The summed E-state index contributed by atoms with van der Waals surface area (Å²) < 4.78 is 5.54. The van der Waals surface area contributed by atoms with Gasteiger partial charge in [0.25, 0.3) is 5.69 Å². The summed E-state index contributed by atoms with van der Waals surface area (Å²) in [4.78, 5) is 10.8. The van der Waals surface area contributed by atoms with Gasteiger partial charge >= 0.3 is 0 Å². The fourth-order valence-electron chi connectivity index (χ4n) is 3.93. The zero-order chi connectivity index (χ0) is 16.7. The van der Waals surface area contributed by atoms with Crippen LogP contribution in [0.3, 0.4) is 0 Å². The van der Waals surface area contributed by atoms with Crippen LogP contribution in [0.15, 0.2) is 54.6 Å². The minimum atomic E-state index is -0.333. The van der Waals surface area contributed by atoms with Crippen molar-refractivity contribution in [3.63, 3.8) is 0 Å². The molecule has 122 valence electrons. The molecule has 0 aromatic heterocycles. The predicted molar refractivity (Wildman–Crippen MR) is 92.4 cm³/mol. The number of hydrogen-bond donors (Lipinski definition) is 1. The highest BCUT2D eigenvalue weighted by atomic mass is 16.6. The Kier molecular flexibility index (Phi) is 3.49. The molecule has 24 heavy (non-hydrogen) atoms. The maximum Gasteiger partial charge on any atom is 0.269 e. The van der Waals surface area contributed by atoms with Gasteiger partial charge in [0.1, 0.15) is 5.75 Å². The predicted octanol–water partition coefficient (Wildman–Crippen LogP) is 4.43. The fraction of sp³-hybridized carbons (Fsp3) is 0.263. The molecular formula is C19H18N2O3. The Labute approximate surface area is 140 Å². The Morgan fingerprint density at radius 2 is 2.04 bits per heavy atom. The SMILES string of the molecule is COc1ccccc1[C@H]1Nc2ccc([N+](=O)[O-])cc2[C@H]2C=CC[C@H]21. The molecule has 1 heterocycles. The first-order chi connectivity index (χ1) is 11.7. The number of rotatable bonds is 3. The highest BCUT2D eigenvalue weighted by molar-refractivity contribution is 5.63. The van der Waals surface area contributed by atoms with Crippen molar-refractivity contribution in [1.82, 2.24) is 0 Å². The van der Waals surface area contributed by atoms with Gasteiger partial charge in [-0.1, -0.05) is 30.4 Å². The normalized spacial score (nSPS) is 24.0. The van der Waals surface area contributed by atoms with Gasteiger partial charge in [-0.25, -0.2) is 0 Å². The molecule has 5 heteroatoms. The van der Waals surface area contributed by atoms with Gasteiger partial charge in [0.2, 0.25) is 0 Å². The third-order valence-electron chi connectivity index (χ3n) is 5.03. The second kappa shape index (κ2) is 5.67. The Morgan fingerprint density at radius 1 is 1.21 bits per heavy atom. The number of allylic oxidation sites excluding steroid dienone is 2. The number of fused-ring (bicyclic) bond motifs is 3. The molecule has 1 aliphatic carbocycles.